The molecule has 1 aromatic carbocycles. The predicted octanol–water partition coefficient (Wildman–Crippen LogP) is 2.94. The van der Waals surface area contributed by atoms with Crippen LogP contribution in [0.15, 0.2) is 29.3 Å². The van der Waals surface area contributed by atoms with E-state index in [9.17, 15) is 10.1 Å². The molecule has 0 aliphatic rings. The second-order valence-electron chi connectivity index (χ2n) is 5.62. The Hall–Kier alpha value is -1.42. The van der Waals surface area contributed by atoms with Gasteiger partial charge in [-0.25, -0.2) is 4.99 Å². The van der Waals surface area contributed by atoms with Gasteiger partial charge in [0.15, 0.2) is 5.96 Å². The van der Waals surface area contributed by atoms with Crippen LogP contribution in [0.25, 0.3) is 0 Å². The van der Waals surface area contributed by atoms with Gasteiger partial charge in [0, 0.05) is 32.3 Å². The van der Waals surface area contributed by atoms with Crippen LogP contribution in [0.1, 0.15) is 25.8 Å². The maximum atomic E-state index is 10.6. The first-order chi connectivity index (χ1) is 11.0. The van der Waals surface area contributed by atoms with Crippen molar-refractivity contribution in [3.63, 3.8) is 0 Å². The highest BCUT2D eigenvalue weighted by molar-refractivity contribution is 14.0. The van der Waals surface area contributed by atoms with E-state index in [1.165, 1.54) is 12.1 Å². The lowest BCUT2D eigenvalue weighted by molar-refractivity contribution is -0.384. The first-order valence-electron chi connectivity index (χ1n) is 7.77. The number of nitrogens with one attached hydrogen (secondary N) is 2. The standard InChI is InChI=1S/C16H26N4O3.HI/c1-13(2)8-9-17-16(18-10-11-23-3)19-12-14-4-6-15(7-5-14)20(21)22;/h4-7,13H,8-12H2,1-3H3,(H2,17,18,19);1H. The SMILES string of the molecule is COCCNC(=NCc1ccc([N+](=O)[O-])cc1)NCCC(C)C.I. The number of guanidine groups is 1. The van der Waals surface area contributed by atoms with E-state index < -0.39 is 4.92 Å². The van der Waals surface area contributed by atoms with Gasteiger partial charge in [-0.15, -0.1) is 24.0 Å². The summed E-state index contributed by atoms with van der Waals surface area (Å²) in [7, 11) is 1.65. The van der Waals surface area contributed by atoms with Crippen LogP contribution in [0.3, 0.4) is 0 Å². The highest BCUT2D eigenvalue weighted by Crippen LogP contribution is 2.12. The van der Waals surface area contributed by atoms with Gasteiger partial charge in [0.05, 0.1) is 18.1 Å². The summed E-state index contributed by atoms with van der Waals surface area (Å²) >= 11 is 0. The third-order valence-electron chi connectivity index (χ3n) is 3.18. The lowest BCUT2D eigenvalue weighted by Crippen LogP contribution is -2.39. The number of rotatable bonds is 9. The number of ether oxygens (including phenoxy) is 1. The van der Waals surface area contributed by atoms with Gasteiger partial charge in [0.1, 0.15) is 0 Å². The number of benzene rings is 1. The van der Waals surface area contributed by atoms with Crippen molar-refractivity contribution in [2.45, 2.75) is 26.8 Å². The molecule has 0 bridgehead atoms. The summed E-state index contributed by atoms with van der Waals surface area (Å²) in [6.45, 7) is 6.92. The summed E-state index contributed by atoms with van der Waals surface area (Å²) in [6, 6.07) is 6.44. The first kappa shape index (κ1) is 22.6. The van der Waals surface area contributed by atoms with Crippen molar-refractivity contribution in [2.75, 3.05) is 26.8 Å². The minimum Gasteiger partial charge on any atom is -0.383 e. The molecule has 0 saturated heterocycles. The minimum absolute atomic E-state index is 0. The largest absolute Gasteiger partial charge is 0.383 e. The average Bonchev–Trinajstić information content (AvgIpc) is 2.52. The highest BCUT2D eigenvalue weighted by atomic mass is 127. The fraction of sp³-hybridized carbons (Fsp3) is 0.562. The number of nitro benzene ring substituents is 1. The Balaban J connectivity index is 0.00000529. The molecule has 0 saturated carbocycles. The Morgan fingerprint density at radius 1 is 1.25 bits per heavy atom. The zero-order chi connectivity index (χ0) is 17.1. The molecule has 0 radical (unpaired) electrons. The third-order valence-corrected chi connectivity index (χ3v) is 3.18. The number of nitro groups is 1. The Bertz CT molecular complexity index is 507. The fourth-order valence-corrected chi connectivity index (χ4v) is 1.82. The smallest absolute Gasteiger partial charge is 0.269 e. The zero-order valence-corrected chi connectivity index (χ0v) is 16.8. The van der Waals surface area contributed by atoms with Crippen molar-refractivity contribution >= 4 is 35.6 Å². The molecule has 8 heteroatoms. The summed E-state index contributed by atoms with van der Waals surface area (Å²) in [6.07, 6.45) is 1.06. The van der Waals surface area contributed by atoms with Crippen LogP contribution in [-0.2, 0) is 11.3 Å². The molecule has 0 atom stereocenters. The van der Waals surface area contributed by atoms with Gasteiger partial charge in [0.25, 0.3) is 5.69 Å². The number of non-ortho nitro benzene ring substituents is 1. The number of nitrogens with zero attached hydrogens (tertiary/aromatic N) is 2. The molecule has 0 heterocycles. The van der Waals surface area contributed by atoms with Crippen LogP contribution in [0.5, 0.6) is 0 Å². The molecule has 0 spiro atoms. The van der Waals surface area contributed by atoms with E-state index >= 15 is 0 Å². The van der Waals surface area contributed by atoms with Crippen molar-refractivity contribution < 1.29 is 9.66 Å². The van der Waals surface area contributed by atoms with E-state index in [2.05, 4.69) is 29.5 Å². The van der Waals surface area contributed by atoms with Gasteiger partial charge in [-0.2, -0.15) is 0 Å². The Labute approximate surface area is 160 Å². The number of hydrogen-bond acceptors (Lipinski definition) is 4. The average molecular weight is 450 g/mol. The van der Waals surface area contributed by atoms with Crippen LogP contribution >= 0.6 is 24.0 Å². The number of aliphatic imine (C=N–C) groups is 1. The molecule has 0 aliphatic carbocycles. The second kappa shape index (κ2) is 12.9. The van der Waals surface area contributed by atoms with Crippen LogP contribution < -0.4 is 10.6 Å². The van der Waals surface area contributed by atoms with Crippen LogP contribution in [0, 0.1) is 16.0 Å². The molecular formula is C16H27IN4O3. The zero-order valence-electron chi connectivity index (χ0n) is 14.4. The molecule has 136 valence electrons. The Kier molecular flexibility index (Phi) is 12.2. The van der Waals surface area contributed by atoms with Crippen LogP contribution in [0.2, 0.25) is 0 Å². The molecule has 0 fully saturated rings. The molecule has 1 aromatic rings. The van der Waals surface area contributed by atoms with Gasteiger partial charge in [-0.05, 0) is 17.9 Å². The summed E-state index contributed by atoms with van der Waals surface area (Å²) < 4.78 is 5.02. The molecule has 0 unspecified atom stereocenters. The second-order valence-corrected chi connectivity index (χ2v) is 5.62. The first-order valence-corrected chi connectivity index (χ1v) is 7.77. The summed E-state index contributed by atoms with van der Waals surface area (Å²) in [5.74, 6) is 1.35. The summed E-state index contributed by atoms with van der Waals surface area (Å²) in [5, 5.41) is 17.1. The predicted molar refractivity (Wildman–Crippen MR) is 107 cm³/mol. The Morgan fingerprint density at radius 3 is 2.42 bits per heavy atom. The molecule has 0 aromatic heterocycles. The maximum Gasteiger partial charge on any atom is 0.269 e. The molecule has 7 nitrogen and oxygen atoms in total. The van der Waals surface area contributed by atoms with Crippen molar-refractivity contribution in [1.82, 2.24) is 10.6 Å². The van der Waals surface area contributed by atoms with Crippen LogP contribution in [-0.4, -0.2) is 37.7 Å². The highest BCUT2D eigenvalue weighted by Gasteiger charge is 2.04. The van der Waals surface area contributed by atoms with Gasteiger partial charge in [-0.3, -0.25) is 10.1 Å². The fourth-order valence-electron chi connectivity index (χ4n) is 1.82. The summed E-state index contributed by atoms with van der Waals surface area (Å²) in [4.78, 5) is 14.7. The quantitative estimate of drug-likeness (QED) is 0.151. The van der Waals surface area contributed by atoms with Gasteiger partial charge >= 0.3 is 0 Å². The van der Waals surface area contributed by atoms with E-state index in [0.29, 0.717) is 25.6 Å². The molecule has 24 heavy (non-hydrogen) atoms. The Morgan fingerprint density at radius 2 is 1.88 bits per heavy atom. The van der Waals surface area contributed by atoms with E-state index in [4.69, 9.17) is 4.74 Å². The topological polar surface area (TPSA) is 88.8 Å². The van der Waals surface area contributed by atoms with Gasteiger partial charge in [0.2, 0.25) is 0 Å². The van der Waals surface area contributed by atoms with Crippen molar-refractivity contribution in [3.8, 4) is 0 Å². The molecular weight excluding hydrogens is 423 g/mol. The molecule has 0 aliphatic heterocycles. The van der Waals surface area contributed by atoms with E-state index in [1.807, 2.05) is 0 Å². The molecule has 2 N–H and O–H groups in total. The minimum atomic E-state index is -0.405. The molecule has 0 amide bonds. The lowest BCUT2D eigenvalue weighted by atomic mass is 10.1. The molecule has 1 rings (SSSR count). The van der Waals surface area contributed by atoms with Gasteiger partial charge < -0.3 is 15.4 Å². The van der Waals surface area contributed by atoms with Crippen molar-refractivity contribution in [3.05, 3.63) is 39.9 Å². The van der Waals surface area contributed by atoms with Crippen LogP contribution in [0.4, 0.5) is 5.69 Å². The van der Waals surface area contributed by atoms with Gasteiger partial charge in [-0.1, -0.05) is 26.0 Å². The van der Waals surface area contributed by atoms with E-state index in [-0.39, 0.29) is 29.7 Å². The monoisotopic (exact) mass is 450 g/mol. The third kappa shape index (κ3) is 9.66. The van der Waals surface area contributed by atoms with Crippen molar-refractivity contribution in [1.29, 1.82) is 0 Å². The maximum absolute atomic E-state index is 10.6. The normalized spacial score (nSPS) is 11.1. The van der Waals surface area contributed by atoms with E-state index in [0.717, 1.165) is 24.5 Å². The van der Waals surface area contributed by atoms with Crippen molar-refractivity contribution in [2.24, 2.45) is 10.9 Å². The number of hydrogen-bond donors (Lipinski definition) is 2. The lowest BCUT2D eigenvalue weighted by Gasteiger charge is -2.13. The van der Waals surface area contributed by atoms with E-state index in [1.54, 1.807) is 19.2 Å². The number of halogens is 1. The number of methoxy groups -OCH3 is 1. The summed E-state index contributed by atoms with van der Waals surface area (Å²) in [5.41, 5.74) is 1.01.